The van der Waals surface area contributed by atoms with Crippen molar-refractivity contribution in [3.63, 3.8) is 0 Å². The number of para-hydroxylation sites is 1. The number of fused-ring (bicyclic) bond motifs is 1. The largest absolute Gasteiger partial charge is 0.379 e. The molecule has 1 aliphatic heterocycles. The zero-order valence-corrected chi connectivity index (χ0v) is 19.8. The molecule has 1 saturated heterocycles. The minimum atomic E-state index is -3.54. The highest BCUT2D eigenvalue weighted by atomic mass is 32.2. The Hall–Kier alpha value is -3.21. The van der Waals surface area contributed by atoms with Gasteiger partial charge in [-0.25, -0.2) is 8.42 Å². The highest BCUT2D eigenvalue weighted by molar-refractivity contribution is 7.89. The first kappa shape index (κ1) is 23.9. The van der Waals surface area contributed by atoms with Crippen LogP contribution < -0.4 is 10.9 Å². The fraction of sp³-hybridized carbons (Fsp3) is 0.333. The summed E-state index contributed by atoms with van der Waals surface area (Å²) in [6.07, 6.45) is 2.64. The summed E-state index contributed by atoms with van der Waals surface area (Å²) in [7, 11) is -1.61. The first-order valence-electron chi connectivity index (χ1n) is 11.1. The van der Waals surface area contributed by atoms with Crippen LogP contribution in [0.4, 0.5) is 0 Å². The van der Waals surface area contributed by atoms with E-state index < -0.39 is 10.0 Å². The van der Waals surface area contributed by atoms with Gasteiger partial charge in [-0.1, -0.05) is 30.3 Å². The molecule has 4 rings (SSSR count). The lowest BCUT2D eigenvalue weighted by Crippen LogP contribution is -2.42. The molecule has 9 nitrogen and oxygen atoms in total. The number of hydrazine groups is 1. The van der Waals surface area contributed by atoms with Gasteiger partial charge in [-0.2, -0.15) is 4.31 Å². The van der Waals surface area contributed by atoms with Gasteiger partial charge >= 0.3 is 0 Å². The molecule has 2 heterocycles. The Morgan fingerprint density at radius 2 is 1.65 bits per heavy atom. The average molecular weight is 485 g/mol. The van der Waals surface area contributed by atoms with Crippen LogP contribution in [0.2, 0.25) is 0 Å². The molecule has 0 radical (unpaired) electrons. The van der Waals surface area contributed by atoms with Crippen molar-refractivity contribution < 1.29 is 22.7 Å². The van der Waals surface area contributed by atoms with Crippen LogP contribution in [0.25, 0.3) is 10.9 Å². The molecule has 3 aromatic rings. The summed E-state index contributed by atoms with van der Waals surface area (Å²) in [5, 5.41) is 1.01. The molecule has 2 N–H and O–H groups in total. The number of hydrogen-bond donors (Lipinski definition) is 2. The van der Waals surface area contributed by atoms with Crippen molar-refractivity contribution in [1.29, 1.82) is 0 Å². The van der Waals surface area contributed by atoms with Crippen molar-refractivity contribution in [1.82, 2.24) is 19.7 Å². The van der Waals surface area contributed by atoms with Gasteiger partial charge in [0.25, 0.3) is 0 Å². The highest BCUT2D eigenvalue weighted by Crippen LogP contribution is 2.21. The quantitative estimate of drug-likeness (QED) is 0.494. The van der Waals surface area contributed by atoms with Gasteiger partial charge in [-0.15, -0.1) is 0 Å². The Balaban J connectivity index is 1.25. The van der Waals surface area contributed by atoms with E-state index in [1.165, 1.54) is 4.31 Å². The van der Waals surface area contributed by atoms with E-state index in [4.69, 9.17) is 4.74 Å². The van der Waals surface area contributed by atoms with Crippen molar-refractivity contribution in [2.75, 3.05) is 26.3 Å². The van der Waals surface area contributed by atoms with Gasteiger partial charge < -0.3 is 9.30 Å². The van der Waals surface area contributed by atoms with Gasteiger partial charge in [0.2, 0.25) is 21.8 Å². The summed E-state index contributed by atoms with van der Waals surface area (Å²) < 4.78 is 34.0. The lowest BCUT2D eigenvalue weighted by molar-refractivity contribution is -0.128. The fourth-order valence-corrected chi connectivity index (χ4v) is 5.42. The Kier molecular flexibility index (Phi) is 7.30. The molecule has 1 aliphatic rings. The molecule has 34 heavy (non-hydrogen) atoms. The summed E-state index contributed by atoms with van der Waals surface area (Å²) in [5.41, 5.74) is 7.67. The summed E-state index contributed by atoms with van der Waals surface area (Å²) >= 11 is 0. The summed E-state index contributed by atoms with van der Waals surface area (Å²) in [4.78, 5) is 24.7. The van der Waals surface area contributed by atoms with Crippen molar-refractivity contribution in [3.05, 3.63) is 65.9 Å². The second-order valence-electron chi connectivity index (χ2n) is 8.22. The maximum atomic E-state index is 12.7. The number of morpholine rings is 1. The molecule has 0 aliphatic carbocycles. The first-order chi connectivity index (χ1) is 16.3. The molecule has 0 spiro atoms. The van der Waals surface area contributed by atoms with Crippen molar-refractivity contribution in [3.8, 4) is 0 Å². The van der Waals surface area contributed by atoms with Crippen LogP contribution >= 0.6 is 0 Å². The highest BCUT2D eigenvalue weighted by Gasteiger charge is 2.26. The molecule has 2 aromatic carbocycles. The number of carbonyl (C=O) groups is 2. The van der Waals surface area contributed by atoms with Crippen LogP contribution in [0, 0.1) is 0 Å². The third-order valence-corrected chi connectivity index (χ3v) is 7.76. The second kappa shape index (κ2) is 10.4. The number of benzene rings is 2. The molecule has 2 amide bonds. The maximum Gasteiger partial charge on any atom is 0.243 e. The number of rotatable bonds is 7. The summed E-state index contributed by atoms with van der Waals surface area (Å²) in [6.45, 7) is 1.47. The van der Waals surface area contributed by atoms with E-state index in [0.717, 1.165) is 22.0 Å². The van der Waals surface area contributed by atoms with E-state index >= 15 is 0 Å². The van der Waals surface area contributed by atoms with Gasteiger partial charge in [-0.05, 0) is 35.7 Å². The van der Waals surface area contributed by atoms with Crippen LogP contribution in [0.15, 0.2) is 59.6 Å². The fourth-order valence-electron chi connectivity index (χ4n) is 4.01. The first-order valence-corrected chi connectivity index (χ1v) is 12.6. The number of aryl methyl sites for hydroxylation is 2. The Morgan fingerprint density at radius 1 is 0.971 bits per heavy atom. The van der Waals surface area contributed by atoms with E-state index in [0.29, 0.717) is 32.7 Å². The molecule has 0 saturated carbocycles. The molecular weight excluding hydrogens is 456 g/mol. The van der Waals surface area contributed by atoms with Crippen LogP contribution in [0.5, 0.6) is 0 Å². The van der Waals surface area contributed by atoms with Crippen molar-refractivity contribution in [2.45, 2.75) is 24.2 Å². The third kappa shape index (κ3) is 5.46. The normalized spacial score (nSPS) is 14.7. The van der Waals surface area contributed by atoms with Gasteiger partial charge in [0.05, 0.1) is 24.5 Å². The minimum absolute atomic E-state index is 0.153. The Bertz CT molecular complexity index is 1280. The molecule has 1 fully saturated rings. The smallest absolute Gasteiger partial charge is 0.243 e. The molecule has 0 unspecified atom stereocenters. The standard InChI is InChI=1S/C24H28N4O5S/c1-27-17-19(21-4-2-3-5-22(21)27)16-24(30)26-25-23(29)11-8-18-6-9-20(10-7-18)34(31,32)28-12-14-33-15-13-28/h2-7,9-10,17H,8,11-16H2,1H3,(H,25,29)(H,26,30). The number of hydrogen-bond acceptors (Lipinski definition) is 5. The molecule has 10 heteroatoms. The van der Waals surface area contributed by atoms with E-state index in [2.05, 4.69) is 10.9 Å². The zero-order chi connectivity index (χ0) is 24.1. The summed E-state index contributed by atoms with van der Waals surface area (Å²) in [5.74, 6) is -0.626. The zero-order valence-electron chi connectivity index (χ0n) is 19.0. The van der Waals surface area contributed by atoms with Gasteiger partial charge in [0.1, 0.15) is 0 Å². The van der Waals surface area contributed by atoms with Crippen LogP contribution in [-0.2, 0) is 44.2 Å². The molecule has 1 aromatic heterocycles. The topological polar surface area (TPSA) is 110 Å². The van der Waals surface area contributed by atoms with E-state index in [9.17, 15) is 18.0 Å². The van der Waals surface area contributed by atoms with E-state index in [1.54, 1.807) is 24.3 Å². The number of carbonyl (C=O) groups excluding carboxylic acids is 2. The van der Waals surface area contributed by atoms with Crippen molar-refractivity contribution >= 4 is 32.7 Å². The summed E-state index contributed by atoms with van der Waals surface area (Å²) in [6, 6.07) is 14.4. The SMILES string of the molecule is Cn1cc(CC(=O)NNC(=O)CCc2ccc(S(=O)(=O)N3CCOCC3)cc2)c2ccccc21. The molecule has 0 bridgehead atoms. The van der Waals surface area contributed by atoms with Crippen molar-refractivity contribution in [2.24, 2.45) is 7.05 Å². The van der Waals surface area contributed by atoms with E-state index in [-0.39, 0.29) is 29.6 Å². The minimum Gasteiger partial charge on any atom is -0.379 e. The lowest BCUT2D eigenvalue weighted by Gasteiger charge is -2.26. The maximum absolute atomic E-state index is 12.7. The van der Waals surface area contributed by atoms with Crippen LogP contribution in [0.3, 0.4) is 0 Å². The Morgan fingerprint density at radius 3 is 2.38 bits per heavy atom. The molecular formula is C24H28N4O5S. The number of nitrogens with one attached hydrogen (secondary N) is 2. The van der Waals surface area contributed by atoms with Crippen LogP contribution in [-0.4, -0.2) is 55.4 Å². The number of sulfonamides is 1. The Labute approximate surface area is 198 Å². The van der Waals surface area contributed by atoms with Crippen LogP contribution in [0.1, 0.15) is 17.5 Å². The molecule has 180 valence electrons. The second-order valence-corrected chi connectivity index (χ2v) is 10.2. The predicted molar refractivity (Wildman–Crippen MR) is 127 cm³/mol. The van der Waals surface area contributed by atoms with Gasteiger partial charge in [0.15, 0.2) is 0 Å². The average Bonchev–Trinajstić information content (AvgIpc) is 3.17. The van der Waals surface area contributed by atoms with E-state index in [1.807, 2.05) is 42.1 Å². The lowest BCUT2D eigenvalue weighted by atomic mass is 10.1. The molecule has 0 atom stereocenters. The number of aromatic nitrogens is 1. The monoisotopic (exact) mass is 484 g/mol. The number of nitrogens with zero attached hydrogens (tertiary/aromatic N) is 2. The van der Waals surface area contributed by atoms with Gasteiger partial charge in [-0.3, -0.25) is 20.4 Å². The van der Waals surface area contributed by atoms with Gasteiger partial charge in [0, 0.05) is 43.7 Å². The number of amides is 2. The number of ether oxygens (including phenoxy) is 1. The third-order valence-electron chi connectivity index (χ3n) is 5.84. The predicted octanol–water partition coefficient (Wildman–Crippen LogP) is 1.52.